The summed E-state index contributed by atoms with van der Waals surface area (Å²) < 4.78 is 0. The molecular formula is C4H9N5. The van der Waals surface area contributed by atoms with Gasteiger partial charge in [-0.2, -0.15) is 10.3 Å². The predicted molar refractivity (Wildman–Crippen MR) is 33.9 cm³/mol. The summed E-state index contributed by atoms with van der Waals surface area (Å²) in [6.07, 6.45) is 1.61. The van der Waals surface area contributed by atoms with Gasteiger partial charge in [0.05, 0.1) is 6.20 Å². The first-order chi connectivity index (χ1) is 4.43. The molecule has 0 amide bonds. The Morgan fingerprint density at radius 2 is 2.67 bits per heavy atom. The number of rotatable bonds is 3. The molecule has 0 saturated heterocycles. The summed E-state index contributed by atoms with van der Waals surface area (Å²) in [5.41, 5.74) is 5.22. The van der Waals surface area contributed by atoms with Crippen molar-refractivity contribution in [1.29, 1.82) is 0 Å². The van der Waals surface area contributed by atoms with E-state index in [9.17, 15) is 0 Å². The molecule has 0 aliphatic carbocycles. The van der Waals surface area contributed by atoms with E-state index in [2.05, 4.69) is 20.7 Å². The molecule has 0 spiro atoms. The van der Waals surface area contributed by atoms with Crippen LogP contribution in [0.2, 0.25) is 0 Å². The third-order valence-electron chi connectivity index (χ3n) is 0.865. The monoisotopic (exact) mass is 127 g/mol. The molecule has 0 unspecified atom stereocenters. The van der Waals surface area contributed by atoms with Gasteiger partial charge in [0, 0.05) is 13.1 Å². The maximum atomic E-state index is 5.22. The number of anilines is 1. The van der Waals surface area contributed by atoms with Gasteiger partial charge in [-0.1, -0.05) is 0 Å². The first kappa shape index (κ1) is 6.03. The van der Waals surface area contributed by atoms with Gasteiger partial charge in [-0.15, -0.1) is 5.10 Å². The standard InChI is InChI=1S/C4H9N5/c5-1-2-6-4-3-7-9-8-4/h3H,1-2,5H2,(H2,6,7,8,9). The second kappa shape index (κ2) is 3.03. The van der Waals surface area contributed by atoms with Crippen molar-refractivity contribution in [2.75, 3.05) is 18.4 Å². The Kier molecular flexibility index (Phi) is 2.03. The van der Waals surface area contributed by atoms with Crippen LogP contribution in [0.25, 0.3) is 0 Å². The lowest BCUT2D eigenvalue weighted by Crippen LogP contribution is -2.13. The van der Waals surface area contributed by atoms with Crippen LogP contribution in [-0.2, 0) is 0 Å². The molecule has 1 aromatic heterocycles. The molecule has 50 valence electrons. The Morgan fingerprint density at radius 1 is 1.78 bits per heavy atom. The van der Waals surface area contributed by atoms with Gasteiger partial charge in [0.2, 0.25) is 0 Å². The zero-order valence-corrected chi connectivity index (χ0v) is 4.96. The fourth-order valence-corrected chi connectivity index (χ4v) is 0.487. The molecule has 9 heavy (non-hydrogen) atoms. The summed E-state index contributed by atoms with van der Waals surface area (Å²) >= 11 is 0. The molecule has 5 nitrogen and oxygen atoms in total. The number of H-pyrrole nitrogens is 1. The Hall–Kier alpha value is -1.10. The third-order valence-corrected chi connectivity index (χ3v) is 0.865. The second-order valence-electron chi connectivity index (χ2n) is 1.57. The van der Waals surface area contributed by atoms with E-state index in [1.165, 1.54) is 0 Å². The molecule has 0 aromatic carbocycles. The van der Waals surface area contributed by atoms with E-state index in [1.807, 2.05) is 0 Å². The fourth-order valence-electron chi connectivity index (χ4n) is 0.487. The highest BCUT2D eigenvalue weighted by Crippen LogP contribution is 1.92. The molecule has 0 aliphatic rings. The highest BCUT2D eigenvalue weighted by Gasteiger charge is 1.88. The molecule has 0 atom stereocenters. The molecule has 0 fully saturated rings. The van der Waals surface area contributed by atoms with Crippen LogP contribution >= 0.6 is 0 Å². The fraction of sp³-hybridized carbons (Fsp3) is 0.500. The van der Waals surface area contributed by atoms with Crippen molar-refractivity contribution in [2.45, 2.75) is 0 Å². The van der Waals surface area contributed by atoms with Crippen molar-refractivity contribution >= 4 is 5.82 Å². The van der Waals surface area contributed by atoms with Gasteiger partial charge in [0.15, 0.2) is 5.82 Å². The molecule has 5 heteroatoms. The van der Waals surface area contributed by atoms with Crippen LogP contribution < -0.4 is 11.1 Å². The lowest BCUT2D eigenvalue weighted by atomic mass is 10.6. The van der Waals surface area contributed by atoms with Gasteiger partial charge in [0.25, 0.3) is 0 Å². The molecular weight excluding hydrogens is 118 g/mol. The minimum Gasteiger partial charge on any atom is -0.366 e. The smallest absolute Gasteiger partial charge is 0.168 e. The average molecular weight is 127 g/mol. The minimum absolute atomic E-state index is 0.604. The van der Waals surface area contributed by atoms with E-state index in [0.717, 1.165) is 12.4 Å². The van der Waals surface area contributed by atoms with Gasteiger partial charge in [0.1, 0.15) is 0 Å². The van der Waals surface area contributed by atoms with Crippen molar-refractivity contribution in [3.63, 3.8) is 0 Å². The third kappa shape index (κ3) is 1.69. The number of nitrogens with zero attached hydrogens (tertiary/aromatic N) is 2. The van der Waals surface area contributed by atoms with Crippen LogP contribution in [0, 0.1) is 0 Å². The Balaban J connectivity index is 2.30. The molecule has 0 aliphatic heterocycles. The Bertz CT molecular complexity index is 146. The first-order valence-electron chi connectivity index (χ1n) is 2.73. The van der Waals surface area contributed by atoms with Crippen LogP contribution in [0.3, 0.4) is 0 Å². The summed E-state index contributed by atoms with van der Waals surface area (Å²) in [4.78, 5) is 0. The number of nitrogens with one attached hydrogen (secondary N) is 2. The molecule has 1 aromatic rings. The van der Waals surface area contributed by atoms with Gasteiger partial charge in [-0.05, 0) is 0 Å². The number of aromatic nitrogens is 3. The maximum Gasteiger partial charge on any atom is 0.168 e. The second-order valence-corrected chi connectivity index (χ2v) is 1.57. The summed E-state index contributed by atoms with van der Waals surface area (Å²) in [5, 5.41) is 12.8. The predicted octanol–water partition coefficient (Wildman–Crippen LogP) is -0.825. The number of aromatic amines is 1. The topological polar surface area (TPSA) is 79.6 Å². The van der Waals surface area contributed by atoms with E-state index in [1.54, 1.807) is 6.20 Å². The highest BCUT2D eigenvalue weighted by atomic mass is 15.3. The Morgan fingerprint density at radius 3 is 3.22 bits per heavy atom. The summed E-state index contributed by atoms with van der Waals surface area (Å²) in [6, 6.07) is 0. The van der Waals surface area contributed by atoms with Crippen LogP contribution in [0.1, 0.15) is 0 Å². The van der Waals surface area contributed by atoms with Crippen LogP contribution in [0.5, 0.6) is 0 Å². The van der Waals surface area contributed by atoms with Crippen LogP contribution in [0.4, 0.5) is 5.82 Å². The summed E-state index contributed by atoms with van der Waals surface area (Å²) in [6.45, 7) is 1.33. The SMILES string of the molecule is NCCNc1cn[nH]n1. The van der Waals surface area contributed by atoms with Crippen molar-refractivity contribution < 1.29 is 0 Å². The van der Waals surface area contributed by atoms with Crippen molar-refractivity contribution in [3.8, 4) is 0 Å². The Labute approximate surface area is 52.6 Å². The van der Waals surface area contributed by atoms with Crippen molar-refractivity contribution in [3.05, 3.63) is 6.20 Å². The molecule has 0 radical (unpaired) electrons. The van der Waals surface area contributed by atoms with Crippen LogP contribution in [0.15, 0.2) is 6.20 Å². The lowest BCUT2D eigenvalue weighted by Gasteiger charge is -1.95. The van der Waals surface area contributed by atoms with E-state index >= 15 is 0 Å². The number of hydrogen-bond donors (Lipinski definition) is 3. The van der Waals surface area contributed by atoms with E-state index in [4.69, 9.17) is 5.73 Å². The molecule has 4 N–H and O–H groups in total. The van der Waals surface area contributed by atoms with E-state index < -0.39 is 0 Å². The maximum absolute atomic E-state index is 5.22. The normalized spacial score (nSPS) is 9.44. The zero-order chi connectivity index (χ0) is 6.53. The molecule has 0 bridgehead atoms. The van der Waals surface area contributed by atoms with Crippen molar-refractivity contribution in [2.24, 2.45) is 5.73 Å². The minimum atomic E-state index is 0.604. The average Bonchev–Trinajstić information content (AvgIpc) is 2.34. The molecule has 1 heterocycles. The largest absolute Gasteiger partial charge is 0.366 e. The van der Waals surface area contributed by atoms with Gasteiger partial charge in [-0.3, -0.25) is 0 Å². The number of hydrogen-bond acceptors (Lipinski definition) is 4. The summed E-state index contributed by atoms with van der Waals surface area (Å²) in [5.74, 6) is 0.737. The van der Waals surface area contributed by atoms with Gasteiger partial charge < -0.3 is 11.1 Å². The first-order valence-corrected chi connectivity index (χ1v) is 2.73. The highest BCUT2D eigenvalue weighted by molar-refractivity contribution is 5.28. The summed E-state index contributed by atoms with van der Waals surface area (Å²) in [7, 11) is 0. The number of nitrogens with two attached hydrogens (primary N) is 1. The van der Waals surface area contributed by atoms with E-state index in [0.29, 0.717) is 6.54 Å². The molecule has 0 saturated carbocycles. The van der Waals surface area contributed by atoms with E-state index in [-0.39, 0.29) is 0 Å². The zero-order valence-electron chi connectivity index (χ0n) is 4.96. The lowest BCUT2D eigenvalue weighted by molar-refractivity contribution is 0.933. The molecule has 1 rings (SSSR count). The van der Waals surface area contributed by atoms with Crippen LogP contribution in [-0.4, -0.2) is 28.5 Å². The quantitative estimate of drug-likeness (QED) is 0.495. The van der Waals surface area contributed by atoms with Crippen molar-refractivity contribution in [1.82, 2.24) is 15.4 Å². The van der Waals surface area contributed by atoms with Gasteiger partial charge >= 0.3 is 0 Å². The van der Waals surface area contributed by atoms with Gasteiger partial charge in [-0.25, -0.2) is 0 Å².